The largest absolute Gasteiger partial charge is 0.397 e. The number of nitrogens with zero attached hydrogens (tertiary/aromatic N) is 2. The van der Waals surface area contributed by atoms with Crippen LogP contribution >= 0.6 is 11.6 Å². The van der Waals surface area contributed by atoms with Crippen LogP contribution in [0.15, 0.2) is 36.4 Å². The summed E-state index contributed by atoms with van der Waals surface area (Å²) in [5.41, 5.74) is 8.33. The van der Waals surface area contributed by atoms with Gasteiger partial charge in [0, 0.05) is 17.8 Å². The van der Waals surface area contributed by atoms with E-state index in [-0.39, 0.29) is 0 Å². The van der Waals surface area contributed by atoms with Crippen molar-refractivity contribution >= 4 is 28.8 Å². The van der Waals surface area contributed by atoms with Crippen LogP contribution in [-0.4, -0.2) is 12.0 Å². The van der Waals surface area contributed by atoms with Crippen LogP contribution in [0.1, 0.15) is 5.69 Å². The second kappa shape index (κ2) is 4.63. The average molecular weight is 248 g/mol. The lowest BCUT2D eigenvalue weighted by molar-refractivity contribution is 1.09. The molecule has 0 aliphatic carbocycles. The molecule has 0 radical (unpaired) electrons. The molecule has 0 bridgehead atoms. The maximum Gasteiger partial charge on any atom is 0.133 e. The molecular formula is C13H14ClN3. The van der Waals surface area contributed by atoms with Crippen LogP contribution in [-0.2, 0) is 0 Å². The summed E-state index contributed by atoms with van der Waals surface area (Å²) in [6.07, 6.45) is 0. The number of rotatable bonds is 2. The third-order valence-electron chi connectivity index (χ3n) is 2.67. The normalized spacial score (nSPS) is 10.3. The molecule has 0 aliphatic heterocycles. The highest BCUT2D eigenvalue weighted by Gasteiger charge is 2.06. The van der Waals surface area contributed by atoms with Crippen molar-refractivity contribution in [2.24, 2.45) is 0 Å². The van der Waals surface area contributed by atoms with Crippen molar-refractivity contribution in [1.82, 2.24) is 4.98 Å². The molecule has 1 aromatic carbocycles. The van der Waals surface area contributed by atoms with Crippen molar-refractivity contribution in [2.45, 2.75) is 6.92 Å². The molecule has 2 aromatic rings. The Morgan fingerprint density at radius 3 is 2.35 bits per heavy atom. The molecule has 17 heavy (non-hydrogen) atoms. The Labute approximate surface area is 106 Å². The van der Waals surface area contributed by atoms with Gasteiger partial charge in [0.15, 0.2) is 0 Å². The van der Waals surface area contributed by atoms with Gasteiger partial charge in [-0.15, -0.1) is 0 Å². The molecule has 2 rings (SSSR count). The number of nitrogen functional groups attached to an aromatic ring is 1. The molecule has 0 aliphatic rings. The number of hydrogen-bond donors (Lipinski definition) is 1. The number of aryl methyl sites for hydroxylation is 1. The number of anilines is 3. The maximum atomic E-state index is 5.86. The van der Waals surface area contributed by atoms with Crippen LogP contribution < -0.4 is 10.6 Å². The van der Waals surface area contributed by atoms with E-state index in [4.69, 9.17) is 17.3 Å². The van der Waals surface area contributed by atoms with Crippen LogP contribution in [0.5, 0.6) is 0 Å². The van der Waals surface area contributed by atoms with E-state index in [2.05, 4.69) is 4.98 Å². The molecule has 0 saturated heterocycles. The minimum Gasteiger partial charge on any atom is -0.397 e. The van der Waals surface area contributed by atoms with E-state index >= 15 is 0 Å². The topological polar surface area (TPSA) is 42.2 Å². The van der Waals surface area contributed by atoms with Crippen molar-refractivity contribution in [3.05, 3.63) is 47.1 Å². The summed E-state index contributed by atoms with van der Waals surface area (Å²) in [7, 11) is 1.96. The Morgan fingerprint density at radius 2 is 1.76 bits per heavy atom. The zero-order valence-electron chi connectivity index (χ0n) is 9.81. The fraction of sp³-hybridized carbons (Fsp3) is 0.154. The third kappa shape index (κ3) is 2.50. The Balaban J connectivity index is 2.33. The molecule has 1 heterocycles. The molecule has 4 heteroatoms. The van der Waals surface area contributed by atoms with Gasteiger partial charge in [-0.3, -0.25) is 0 Å². The van der Waals surface area contributed by atoms with E-state index in [1.54, 1.807) is 0 Å². The summed E-state index contributed by atoms with van der Waals surface area (Å²) in [6.45, 7) is 1.90. The molecule has 0 unspecified atom stereocenters. The number of pyridine rings is 1. The van der Waals surface area contributed by atoms with Crippen LogP contribution in [0.2, 0.25) is 5.02 Å². The molecule has 0 atom stereocenters. The zero-order valence-corrected chi connectivity index (χ0v) is 10.6. The summed E-state index contributed by atoms with van der Waals surface area (Å²) in [4.78, 5) is 6.43. The van der Waals surface area contributed by atoms with Crippen molar-refractivity contribution < 1.29 is 0 Å². The highest BCUT2D eigenvalue weighted by Crippen LogP contribution is 2.24. The summed E-state index contributed by atoms with van der Waals surface area (Å²) in [5.74, 6) is 0.860. The third-order valence-corrected chi connectivity index (χ3v) is 2.92. The summed E-state index contributed by atoms with van der Waals surface area (Å²) < 4.78 is 0. The first-order valence-electron chi connectivity index (χ1n) is 5.30. The predicted molar refractivity (Wildman–Crippen MR) is 72.9 cm³/mol. The van der Waals surface area contributed by atoms with Crippen LogP contribution in [0.25, 0.3) is 0 Å². The van der Waals surface area contributed by atoms with Gasteiger partial charge in [-0.2, -0.15) is 0 Å². The molecule has 0 fully saturated rings. The average Bonchev–Trinajstić information content (AvgIpc) is 2.33. The lowest BCUT2D eigenvalue weighted by Gasteiger charge is -2.19. The number of nitrogens with two attached hydrogens (primary N) is 1. The number of hydrogen-bond acceptors (Lipinski definition) is 3. The fourth-order valence-corrected chi connectivity index (χ4v) is 1.67. The van der Waals surface area contributed by atoms with Crippen molar-refractivity contribution in [3.63, 3.8) is 0 Å². The van der Waals surface area contributed by atoms with Gasteiger partial charge in [0.05, 0.1) is 11.4 Å². The van der Waals surface area contributed by atoms with Gasteiger partial charge in [0.2, 0.25) is 0 Å². The van der Waals surface area contributed by atoms with Gasteiger partial charge in [-0.05, 0) is 43.3 Å². The highest BCUT2D eigenvalue weighted by atomic mass is 35.5. The van der Waals surface area contributed by atoms with Gasteiger partial charge in [-0.25, -0.2) is 4.98 Å². The first-order chi connectivity index (χ1) is 8.08. The predicted octanol–water partition coefficient (Wildman–Crippen LogP) is 3.39. The van der Waals surface area contributed by atoms with E-state index in [1.165, 1.54) is 0 Å². The van der Waals surface area contributed by atoms with Crippen molar-refractivity contribution in [3.8, 4) is 0 Å². The molecule has 0 amide bonds. The maximum absolute atomic E-state index is 5.86. The minimum atomic E-state index is 0.707. The second-order valence-electron chi connectivity index (χ2n) is 3.88. The summed E-state index contributed by atoms with van der Waals surface area (Å²) in [5, 5.41) is 0.726. The van der Waals surface area contributed by atoms with Crippen LogP contribution in [0.3, 0.4) is 0 Å². The first-order valence-corrected chi connectivity index (χ1v) is 5.68. The van der Waals surface area contributed by atoms with E-state index in [0.29, 0.717) is 5.69 Å². The van der Waals surface area contributed by atoms with Crippen molar-refractivity contribution in [2.75, 3.05) is 17.7 Å². The lowest BCUT2D eigenvalue weighted by atomic mass is 10.2. The quantitative estimate of drug-likeness (QED) is 0.885. The van der Waals surface area contributed by atoms with Gasteiger partial charge in [-0.1, -0.05) is 11.6 Å². The molecular weight excluding hydrogens is 234 g/mol. The van der Waals surface area contributed by atoms with E-state index < -0.39 is 0 Å². The molecule has 2 N–H and O–H groups in total. The van der Waals surface area contributed by atoms with Gasteiger partial charge >= 0.3 is 0 Å². The van der Waals surface area contributed by atoms with Crippen LogP contribution in [0.4, 0.5) is 17.2 Å². The fourth-order valence-electron chi connectivity index (χ4n) is 1.54. The Bertz CT molecular complexity index is 523. The molecule has 3 nitrogen and oxygen atoms in total. The first kappa shape index (κ1) is 11.7. The SMILES string of the molecule is Cc1nc(N(C)c2ccc(Cl)cc2)ccc1N. The lowest BCUT2D eigenvalue weighted by Crippen LogP contribution is -2.11. The standard InChI is InChI=1S/C13H14ClN3/c1-9-12(15)7-8-13(16-9)17(2)11-5-3-10(14)4-6-11/h3-8H,15H2,1-2H3. The zero-order chi connectivity index (χ0) is 12.4. The van der Waals surface area contributed by atoms with E-state index in [1.807, 2.05) is 55.3 Å². The number of benzene rings is 1. The second-order valence-corrected chi connectivity index (χ2v) is 4.32. The van der Waals surface area contributed by atoms with E-state index in [9.17, 15) is 0 Å². The van der Waals surface area contributed by atoms with Crippen LogP contribution in [0, 0.1) is 6.92 Å². The Morgan fingerprint density at radius 1 is 1.12 bits per heavy atom. The Hall–Kier alpha value is -1.74. The summed E-state index contributed by atoms with van der Waals surface area (Å²) in [6, 6.07) is 11.4. The smallest absolute Gasteiger partial charge is 0.133 e. The minimum absolute atomic E-state index is 0.707. The highest BCUT2D eigenvalue weighted by molar-refractivity contribution is 6.30. The molecule has 0 spiro atoms. The number of halogens is 1. The monoisotopic (exact) mass is 247 g/mol. The summed E-state index contributed by atoms with van der Waals surface area (Å²) >= 11 is 5.86. The number of aromatic nitrogens is 1. The van der Waals surface area contributed by atoms with Gasteiger partial charge < -0.3 is 10.6 Å². The van der Waals surface area contributed by atoms with Gasteiger partial charge in [0.25, 0.3) is 0 Å². The molecule has 88 valence electrons. The molecule has 0 saturated carbocycles. The van der Waals surface area contributed by atoms with Gasteiger partial charge in [0.1, 0.15) is 5.82 Å². The molecule has 1 aromatic heterocycles. The Kier molecular flexibility index (Phi) is 3.20. The van der Waals surface area contributed by atoms with Crippen molar-refractivity contribution in [1.29, 1.82) is 0 Å². The van der Waals surface area contributed by atoms with E-state index in [0.717, 1.165) is 22.2 Å².